The Morgan fingerprint density at radius 1 is 0.852 bits per heavy atom. The highest BCUT2D eigenvalue weighted by Crippen LogP contribution is 2.44. The zero-order valence-electron chi connectivity index (χ0n) is 17.5. The maximum absolute atomic E-state index is 3.81. The van der Waals surface area contributed by atoms with E-state index in [1.165, 1.54) is 76.2 Å². The highest BCUT2D eigenvalue weighted by molar-refractivity contribution is 5.26. The molecule has 0 unspecified atom stereocenters. The summed E-state index contributed by atoms with van der Waals surface area (Å²) < 4.78 is 0. The van der Waals surface area contributed by atoms with Gasteiger partial charge in [0.1, 0.15) is 0 Å². The molecule has 0 atom stereocenters. The molecule has 0 N–H and O–H groups in total. The molecule has 2 fully saturated rings. The van der Waals surface area contributed by atoms with Gasteiger partial charge in [0.2, 0.25) is 0 Å². The molecule has 2 aliphatic carbocycles. The van der Waals surface area contributed by atoms with E-state index in [9.17, 15) is 0 Å². The zero-order chi connectivity index (χ0) is 18.9. The Kier molecular flexibility index (Phi) is 8.24. The zero-order valence-corrected chi connectivity index (χ0v) is 17.5. The fourth-order valence-corrected chi connectivity index (χ4v) is 5.48. The molecule has 0 saturated heterocycles. The molecule has 0 spiro atoms. The summed E-state index contributed by atoms with van der Waals surface area (Å²) in [6, 6.07) is 9.57. The third-order valence-electron chi connectivity index (χ3n) is 7.19. The van der Waals surface area contributed by atoms with Gasteiger partial charge in [-0.05, 0) is 105 Å². The van der Waals surface area contributed by atoms with Crippen molar-refractivity contribution in [2.24, 2.45) is 17.8 Å². The maximum atomic E-state index is 3.81. The Morgan fingerprint density at radius 3 is 2.07 bits per heavy atom. The number of benzene rings is 1. The predicted octanol–water partition coefficient (Wildman–Crippen LogP) is 8.24. The molecule has 0 heteroatoms. The Bertz CT molecular complexity index is 563. The third-order valence-corrected chi connectivity index (χ3v) is 7.19. The van der Waals surface area contributed by atoms with Crippen molar-refractivity contribution >= 4 is 0 Å². The molecule has 2 aliphatic rings. The van der Waals surface area contributed by atoms with Gasteiger partial charge in [0, 0.05) is 0 Å². The van der Waals surface area contributed by atoms with E-state index in [0.29, 0.717) is 0 Å². The van der Waals surface area contributed by atoms with Gasteiger partial charge in [0.05, 0.1) is 0 Å². The van der Waals surface area contributed by atoms with Crippen LogP contribution in [0, 0.1) is 17.8 Å². The molecule has 27 heavy (non-hydrogen) atoms. The molecule has 0 heterocycles. The number of hydrogen-bond acceptors (Lipinski definition) is 0. The van der Waals surface area contributed by atoms with Crippen molar-refractivity contribution in [1.29, 1.82) is 0 Å². The lowest BCUT2D eigenvalue weighted by molar-refractivity contribution is 0.171. The van der Waals surface area contributed by atoms with Gasteiger partial charge < -0.3 is 0 Å². The molecule has 1 aromatic carbocycles. The Morgan fingerprint density at radius 2 is 1.48 bits per heavy atom. The SMILES string of the molecule is C=CCCC=CC1CCC(C2CCC(c3ccc(CCC)cc3)CC2)CC1. The maximum Gasteiger partial charge on any atom is -0.0162 e. The first-order valence-electron chi connectivity index (χ1n) is 11.7. The second-order valence-corrected chi connectivity index (χ2v) is 9.07. The van der Waals surface area contributed by atoms with Gasteiger partial charge in [0.15, 0.2) is 0 Å². The number of aryl methyl sites for hydroxylation is 1. The van der Waals surface area contributed by atoms with Gasteiger partial charge >= 0.3 is 0 Å². The second-order valence-electron chi connectivity index (χ2n) is 9.07. The lowest BCUT2D eigenvalue weighted by atomic mass is 9.68. The van der Waals surface area contributed by atoms with Crippen LogP contribution in [0.15, 0.2) is 49.1 Å². The van der Waals surface area contributed by atoms with Crippen molar-refractivity contribution in [3.05, 3.63) is 60.2 Å². The van der Waals surface area contributed by atoms with E-state index < -0.39 is 0 Å². The number of hydrogen-bond donors (Lipinski definition) is 0. The van der Waals surface area contributed by atoms with Crippen LogP contribution in [0.1, 0.15) is 94.6 Å². The van der Waals surface area contributed by atoms with Gasteiger partial charge in [-0.1, -0.05) is 55.8 Å². The minimum absolute atomic E-state index is 0.820. The standard InChI is InChI=1S/C27H40/c1-3-5-6-7-9-23-12-16-25(17-13-23)27-20-18-26(19-21-27)24-14-10-22(8-4-2)11-15-24/h3,7,9-11,14-15,23,25-27H,1,4-6,8,12-13,16-21H2,2H3. The van der Waals surface area contributed by atoms with Gasteiger partial charge in [-0.2, -0.15) is 0 Å². The highest BCUT2D eigenvalue weighted by Gasteiger charge is 2.30. The molecule has 0 aromatic heterocycles. The third kappa shape index (κ3) is 6.09. The smallest absolute Gasteiger partial charge is 0.0162 e. The lowest BCUT2D eigenvalue weighted by Gasteiger charge is -2.37. The van der Waals surface area contributed by atoms with Crippen LogP contribution in [0.25, 0.3) is 0 Å². The van der Waals surface area contributed by atoms with Crippen molar-refractivity contribution in [2.45, 2.75) is 89.9 Å². The highest BCUT2D eigenvalue weighted by atomic mass is 14.4. The molecular formula is C27H40. The van der Waals surface area contributed by atoms with Crippen LogP contribution in [0.2, 0.25) is 0 Å². The van der Waals surface area contributed by atoms with Crippen molar-refractivity contribution in [2.75, 3.05) is 0 Å². The van der Waals surface area contributed by atoms with Crippen LogP contribution in [0.4, 0.5) is 0 Å². The van der Waals surface area contributed by atoms with Crippen molar-refractivity contribution in [1.82, 2.24) is 0 Å². The number of rotatable bonds is 8. The quantitative estimate of drug-likeness (QED) is 0.322. The van der Waals surface area contributed by atoms with E-state index in [1.54, 1.807) is 5.56 Å². The van der Waals surface area contributed by atoms with Gasteiger partial charge in [0.25, 0.3) is 0 Å². The first-order valence-corrected chi connectivity index (χ1v) is 11.7. The number of allylic oxidation sites excluding steroid dienone is 3. The average Bonchev–Trinajstić information content (AvgIpc) is 2.73. The Hall–Kier alpha value is -1.30. The summed E-state index contributed by atoms with van der Waals surface area (Å²) in [5, 5.41) is 0. The minimum atomic E-state index is 0.820. The summed E-state index contributed by atoms with van der Waals surface area (Å²) in [5.74, 6) is 3.69. The van der Waals surface area contributed by atoms with E-state index in [2.05, 4.69) is 49.9 Å². The Balaban J connectivity index is 1.40. The average molecular weight is 365 g/mol. The fraction of sp³-hybridized carbons (Fsp3) is 0.630. The van der Waals surface area contributed by atoms with E-state index in [1.807, 2.05) is 6.08 Å². The molecule has 0 radical (unpaired) electrons. The van der Waals surface area contributed by atoms with Gasteiger partial charge in [-0.15, -0.1) is 6.58 Å². The largest absolute Gasteiger partial charge is 0.103 e. The summed E-state index contributed by atoms with van der Waals surface area (Å²) in [7, 11) is 0. The normalized spacial score (nSPS) is 29.1. The summed E-state index contributed by atoms with van der Waals surface area (Å²) in [4.78, 5) is 0. The summed E-state index contributed by atoms with van der Waals surface area (Å²) in [6.45, 7) is 6.07. The van der Waals surface area contributed by atoms with E-state index in [4.69, 9.17) is 0 Å². The predicted molar refractivity (Wildman–Crippen MR) is 119 cm³/mol. The molecule has 3 rings (SSSR count). The molecule has 148 valence electrons. The summed E-state index contributed by atoms with van der Waals surface area (Å²) >= 11 is 0. The molecule has 2 saturated carbocycles. The molecular weight excluding hydrogens is 324 g/mol. The molecule has 0 amide bonds. The van der Waals surface area contributed by atoms with Crippen molar-refractivity contribution in [3.63, 3.8) is 0 Å². The molecule has 1 aromatic rings. The molecule has 0 aliphatic heterocycles. The van der Waals surface area contributed by atoms with Crippen LogP contribution < -0.4 is 0 Å². The summed E-state index contributed by atoms with van der Waals surface area (Å²) in [6.07, 6.45) is 23.2. The number of unbranched alkanes of at least 4 members (excludes halogenated alkanes) is 1. The first-order chi connectivity index (χ1) is 13.3. The van der Waals surface area contributed by atoms with E-state index >= 15 is 0 Å². The van der Waals surface area contributed by atoms with Gasteiger partial charge in [-0.3, -0.25) is 0 Å². The van der Waals surface area contributed by atoms with Crippen LogP contribution >= 0.6 is 0 Å². The second kappa shape index (κ2) is 10.9. The van der Waals surface area contributed by atoms with Crippen LogP contribution in [0.3, 0.4) is 0 Å². The first kappa shape index (κ1) is 20.4. The monoisotopic (exact) mass is 364 g/mol. The van der Waals surface area contributed by atoms with E-state index in [0.717, 1.165) is 30.1 Å². The molecule has 0 bridgehead atoms. The fourth-order valence-electron chi connectivity index (χ4n) is 5.48. The topological polar surface area (TPSA) is 0 Å². The van der Waals surface area contributed by atoms with E-state index in [-0.39, 0.29) is 0 Å². The van der Waals surface area contributed by atoms with Crippen LogP contribution in [-0.4, -0.2) is 0 Å². The lowest BCUT2D eigenvalue weighted by Crippen LogP contribution is -2.25. The minimum Gasteiger partial charge on any atom is -0.103 e. The summed E-state index contributed by atoms with van der Waals surface area (Å²) in [5.41, 5.74) is 3.10. The van der Waals surface area contributed by atoms with Crippen LogP contribution in [0.5, 0.6) is 0 Å². The Labute approximate surface area is 168 Å². The van der Waals surface area contributed by atoms with Gasteiger partial charge in [-0.25, -0.2) is 0 Å². The van der Waals surface area contributed by atoms with Crippen molar-refractivity contribution in [3.8, 4) is 0 Å². The van der Waals surface area contributed by atoms with Crippen LogP contribution in [-0.2, 0) is 6.42 Å². The molecule has 0 nitrogen and oxygen atoms in total. The van der Waals surface area contributed by atoms with Crippen molar-refractivity contribution < 1.29 is 0 Å².